The SMILES string of the molecule is COc1ccc2cc(Cc3ncc(C)[nH]3)ccc2c1. The molecule has 1 aromatic heterocycles. The van der Waals surface area contributed by atoms with Crippen LogP contribution in [0.25, 0.3) is 10.8 Å². The maximum absolute atomic E-state index is 5.24. The minimum atomic E-state index is 0.829. The lowest BCUT2D eigenvalue weighted by Gasteiger charge is -2.05. The van der Waals surface area contributed by atoms with E-state index in [1.165, 1.54) is 16.3 Å². The Morgan fingerprint density at radius 3 is 2.63 bits per heavy atom. The summed E-state index contributed by atoms with van der Waals surface area (Å²) in [6, 6.07) is 12.6. The van der Waals surface area contributed by atoms with Crippen molar-refractivity contribution in [2.45, 2.75) is 13.3 Å². The highest BCUT2D eigenvalue weighted by Crippen LogP contribution is 2.22. The van der Waals surface area contributed by atoms with Crippen LogP contribution in [0.5, 0.6) is 5.75 Å². The number of benzene rings is 2. The fourth-order valence-electron chi connectivity index (χ4n) is 2.26. The van der Waals surface area contributed by atoms with Gasteiger partial charge < -0.3 is 9.72 Å². The average Bonchev–Trinajstić information content (AvgIpc) is 2.83. The van der Waals surface area contributed by atoms with Crippen molar-refractivity contribution in [3.05, 3.63) is 59.7 Å². The molecule has 0 saturated carbocycles. The maximum Gasteiger partial charge on any atom is 0.119 e. The monoisotopic (exact) mass is 252 g/mol. The Hall–Kier alpha value is -2.29. The van der Waals surface area contributed by atoms with Crippen LogP contribution in [0.3, 0.4) is 0 Å². The van der Waals surface area contributed by atoms with Gasteiger partial charge in [-0.15, -0.1) is 0 Å². The number of rotatable bonds is 3. The summed E-state index contributed by atoms with van der Waals surface area (Å²) in [7, 11) is 1.69. The number of aromatic amines is 1. The van der Waals surface area contributed by atoms with Gasteiger partial charge in [0.05, 0.1) is 7.11 Å². The number of aryl methyl sites for hydroxylation is 1. The van der Waals surface area contributed by atoms with Gasteiger partial charge in [-0.1, -0.05) is 24.3 Å². The quantitative estimate of drug-likeness (QED) is 0.775. The molecular weight excluding hydrogens is 236 g/mol. The highest BCUT2D eigenvalue weighted by Gasteiger charge is 2.02. The van der Waals surface area contributed by atoms with Crippen LogP contribution in [0.4, 0.5) is 0 Å². The van der Waals surface area contributed by atoms with E-state index in [2.05, 4.69) is 40.3 Å². The molecule has 1 heterocycles. The van der Waals surface area contributed by atoms with E-state index in [0.29, 0.717) is 0 Å². The molecule has 0 fully saturated rings. The van der Waals surface area contributed by atoms with Gasteiger partial charge in [0.15, 0.2) is 0 Å². The first-order chi connectivity index (χ1) is 9.24. The molecule has 3 heteroatoms. The smallest absolute Gasteiger partial charge is 0.119 e. The summed E-state index contributed by atoms with van der Waals surface area (Å²) in [6.45, 7) is 2.02. The third kappa shape index (κ3) is 2.45. The van der Waals surface area contributed by atoms with Gasteiger partial charge in [0.2, 0.25) is 0 Å². The third-order valence-corrected chi connectivity index (χ3v) is 3.24. The van der Waals surface area contributed by atoms with E-state index in [1.54, 1.807) is 7.11 Å². The van der Waals surface area contributed by atoms with E-state index in [4.69, 9.17) is 4.74 Å². The largest absolute Gasteiger partial charge is 0.497 e. The molecular formula is C16H16N2O. The molecule has 0 unspecified atom stereocenters. The first kappa shape index (κ1) is 11.8. The number of nitrogens with zero attached hydrogens (tertiary/aromatic N) is 1. The predicted octanol–water partition coefficient (Wildman–Crippen LogP) is 3.47. The number of aromatic nitrogens is 2. The molecule has 0 radical (unpaired) electrons. The van der Waals surface area contributed by atoms with Crippen LogP contribution in [0.1, 0.15) is 17.1 Å². The molecule has 0 aliphatic rings. The zero-order valence-corrected chi connectivity index (χ0v) is 11.1. The maximum atomic E-state index is 5.24. The Bertz CT molecular complexity index is 716. The molecule has 0 amide bonds. The van der Waals surface area contributed by atoms with Crippen LogP contribution < -0.4 is 4.74 Å². The lowest BCUT2D eigenvalue weighted by atomic mass is 10.0. The van der Waals surface area contributed by atoms with E-state index in [-0.39, 0.29) is 0 Å². The van der Waals surface area contributed by atoms with Gasteiger partial charge in [-0.3, -0.25) is 0 Å². The van der Waals surface area contributed by atoms with Crippen LogP contribution in [0.15, 0.2) is 42.6 Å². The summed E-state index contributed by atoms with van der Waals surface area (Å²) in [6.07, 6.45) is 2.69. The second-order valence-electron chi connectivity index (χ2n) is 4.74. The molecule has 0 spiro atoms. The van der Waals surface area contributed by atoms with Crippen LogP contribution in [-0.4, -0.2) is 17.1 Å². The van der Waals surface area contributed by atoms with Gasteiger partial charge in [0.1, 0.15) is 11.6 Å². The molecule has 0 bridgehead atoms. The Balaban J connectivity index is 1.93. The fraction of sp³-hybridized carbons (Fsp3) is 0.188. The van der Waals surface area contributed by atoms with Gasteiger partial charge in [-0.25, -0.2) is 4.98 Å². The number of hydrogen-bond acceptors (Lipinski definition) is 2. The van der Waals surface area contributed by atoms with E-state index in [0.717, 1.165) is 23.7 Å². The van der Waals surface area contributed by atoms with Crippen molar-refractivity contribution in [2.24, 2.45) is 0 Å². The van der Waals surface area contributed by atoms with E-state index in [1.807, 2.05) is 19.2 Å². The number of imidazole rings is 1. The van der Waals surface area contributed by atoms with Crippen molar-refractivity contribution in [1.82, 2.24) is 9.97 Å². The van der Waals surface area contributed by atoms with Crippen molar-refractivity contribution in [3.8, 4) is 5.75 Å². The molecule has 3 rings (SSSR count). The topological polar surface area (TPSA) is 37.9 Å². The zero-order valence-electron chi connectivity index (χ0n) is 11.1. The van der Waals surface area contributed by atoms with Gasteiger partial charge in [-0.05, 0) is 35.4 Å². The minimum absolute atomic E-state index is 0.829. The lowest BCUT2D eigenvalue weighted by molar-refractivity contribution is 0.415. The fourth-order valence-corrected chi connectivity index (χ4v) is 2.26. The number of fused-ring (bicyclic) bond motifs is 1. The first-order valence-corrected chi connectivity index (χ1v) is 6.32. The van der Waals surface area contributed by atoms with Gasteiger partial charge in [0.25, 0.3) is 0 Å². The van der Waals surface area contributed by atoms with Crippen LogP contribution in [-0.2, 0) is 6.42 Å². The van der Waals surface area contributed by atoms with E-state index in [9.17, 15) is 0 Å². The number of ether oxygens (including phenoxy) is 1. The molecule has 3 aromatic rings. The summed E-state index contributed by atoms with van der Waals surface area (Å²) in [5.41, 5.74) is 2.35. The lowest BCUT2D eigenvalue weighted by Crippen LogP contribution is -1.91. The van der Waals surface area contributed by atoms with Crippen LogP contribution in [0, 0.1) is 6.92 Å². The van der Waals surface area contributed by atoms with Crippen molar-refractivity contribution < 1.29 is 4.74 Å². The highest BCUT2D eigenvalue weighted by atomic mass is 16.5. The molecule has 0 saturated heterocycles. The Kier molecular flexibility index (Phi) is 2.95. The number of nitrogens with one attached hydrogen (secondary N) is 1. The molecule has 3 nitrogen and oxygen atoms in total. The van der Waals surface area contributed by atoms with E-state index >= 15 is 0 Å². The minimum Gasteiger partial charge on any atom is -0.497 e. The molecule has 0 aliphatic heterocycles. The van der Waals surface area contributed by atoms with Crippen molar-refractivity contribution in [1.29, 1.82) is 0 Å². The normalized spacial score (nSPS) is 10.8. The van der Waals surface area contributed by atoms with E-state index < -0.39 is 0 Å². The third-order valence-electron chi connectivity index (χ3n) is 3.24. The first-order valence-electron chi connectivity index (χ1n) is 6.32. The highest BCUT2D eigenvalue weighted by molar-refractivity contribution is 5.84. The molecule has 19 heavy (non-hydrogen) atoms. The number of H-pyrrole nitrogens is 1. The summed E-state index contributed by atoms with van der Waals surface area (Å²) in [5.74, 6) is 1.90. The second kappa shape index (κ2) is 4.76. The molecule has 0 atom stereocenters. The Labute approximate surface area is 112 Å². The second-order valence-corrected chi connectivity index (χ2v) is 4.74. The van der Waals surface area contributed by atoms with Crippen LogP contribution >= 0.6 is 0 Å². The van der Waals surface area contributed by atoms with Crippen molar-refractivity contribution in [3.63, 3.8) is 0 Å². The number of methoxy groups -OCH3 is 1. The van der Waals surface area contributed by atoms with Crippen molar-refractivity contribution >= 4 is 10.8 Å². The van der Waals surface area contributed by atoms with Gasteiger partial charge in [-0.2, -0.15) is 0 Å². The molecule has 0 aliphatic carbocycles. The molecule has 1 N–H and O–H groups in total. The number of hydrogen-bond donors (Lipinski definition) is 1. The molecule has 96 valence electrons. The molecule has 2 aromatic carbocycles. The Morgan fingerprint density at radius 2 is 1.89 bits per heavy atom. The Morgan fingerprint density at radius 1 is 1.11 bits per heavy atom. The van der Waals surface area contributed by atoms with Gasteiger partial charge in [0, 0.05) is 18.3 Å². The summed E-state index contributed by atoms with van der Waals surface area (Å²) < 4.78 is 5.24. The van der Waals surface area contributed by atoms with Crippen molar-refractivity contribution in [2.75, 3.05) is 7.11 Å². The van der Waals surface area contributed by atoms with Gasteiger partial charge >= 0.3 is 0 Å². The average molecular weight is 252 g/mol. The zero-order chi connectivity index (χ0) is 13.2. The summed E-state index contributed by atoms with van der Waals surface area (Å²) in [5, 5.41) is 2.42. The summed E-state index contributed by atoms with van der Waals surface area (Å²) in [4.78, 5) is 7.60. The van der Waals surface area contributed by atoms with Crippen LogP contribution in [0.2, 0.25) is 0 Å². The predicted molar refractivity (Wildman–Crippen MR) is 76.6 cm³/mol. The standard InChI is InChI=1S/C16H16N2O/c1-11-10-17-16(18-11)8-12-3-4-14-9-15(19-2)6-5-13(14)7-12/h3-7,9-10H,8H2,1-2H3,(H,17,18). The summed E-state index contributed by atoms with van der Waals surface area (Å²) >= 11 is 0.